The third-order valence-electron chi connectivity index (χ3n) is 5.50. The van der Waals surface area contributed by atoms with Gasteiger partial charge in [0.2, 0.25) is 0 Å². The molecule has 0 spiro atoms. The quantitative estimate of drug-likeness (QED) is 0.253. The number of benzene rings is 3. The van der Waals surface area contributed by atoms with Gasteiger partial charge in [-0.15, -0.1) is 11.3 Å². The fraction of sp³-hybridized carbons (Fsp3) is 0.111. The van der Waals surface area contributed by atoms with Crippen LogP contribution in [-0.4, -0.2) is 24.2 Å². The zero-order valence-electron chi connectivity index (χ0n) is 19.1. The molecule has 2 amide bonds. The van der Waals surface area contributed by atoms with Gasteiger partial charge in [-0.1, -0.05) is 42.5 Å². The van der Waals surface area contributed by atoms with Crippen LogP contribution in [0.4, 0.5) is 19.3 Å². The molecule has 1 aromatic heterocycles. The van der Waals surface area contributed by atoms with Crippen LogP contribution in [0.1, 0.15) is 26.8 Å². The highest BCUT2D eigenvalue weighted by Gasteiger charge is 2.24. The van der Waals surface area contributed by atoms with Crippen LogP contribution in [-0.2, 0) is 6.42 Å². The average Bonchev–Trinajstić information content (AvgIpc) is 3.34. The first kappa shape index (κ1) is 24.9. The summed E-state index contributed by atoms with van der Waals surface area (Å²) in [5.41, 5.74) is 2.43. The Hall–Kier alpha value is -4.24. The van der Waals surface area contributed by atoms with Crippen molar-refractivity contribution in [2.45, 2.75) is 12.5 Å². The molecule has 1 unspecified atom stereocenters. The molecule has 0 aliphatic rings. The van der Waals surface area contributed by atoms with Crippen molar-refractivity contribution in [2.24, 2.45) is 0 Å². The molecule has 184 valence electrons. The second-order valence-corrected chi connectivity index (χ2v) is 8.87. The summed E-state index contributed by atoms with van der Waals surface area (Å²) in [6.45, 7) is 0. The largest absolute Gasteiger partial charge is 0.497 e. The molecule has 4 rings (SSSR count). The number of rotatable bonds is 8. The lowest BCUT2D eigenvalue weighted by molar-refractivity contribution is 0.0928. The molecule has 0 saturated carbocycles. The molecule has 6 nitrogen and oxygen atoms in total. The van der Waals surface area contributed by atoms with E-state index in [-0.39, 0.29) is 5.75 Å². The summed E-state index contributed by atoms with van der Waals surface area (Å²) in [6.07, 6.45) is -0.738. The smallest absolute Gasteiger partial charge is 0.409 e. The van der Waals surface area contributed by atoms with Crippen LogP contribution in [0.15, 0.2) is 78.2 Å². The zero-order chi connectivity index (χ0) is 25.7. The van der Waals surface area contributed by atoms with Crippen molar-refractivity contribution in [3.63, 3.8) is 0 Å². The Morgan fingerprint density at radius 1 is 0.972 bits per heavy atom. The van der Waals surface area contributed by atoms with Gasteiger partial charge in [-0.3, -0.25) is 10.1 Å². The molecule has 1 heterocycles. The number of halogens is 2. The van der Waals surface area contributed by atoms with Crippen LogP contribution in [0.2, 0.25) is 0 Å². The number of amides is 2. The number of thiophene rings is 1. The van der Waals surface area contributed by atoms with E-state index in [2.05, 4.69) is 10.6 Å². The summed E-state index contributed by atoms with van der Waals surface area (Å²) in [5.74, 6) is -2.91. The van der Waals surface area contributed by atoms with E-state index in [1.54, 1.807) is 24.3 Å². The topological polar surface area (TPSA) is 87.7 Å². The number of ether oxygens (including phenoxy) is 1. The van der Waals surface area contributed by atoms with E-state index in [9.17, 15) is 18.4 Å². The van der Waals surface area contributed by atoms with Crippen molar-refractivity contribution in [1.29, 1.82) is 0 Å². The van der Waals surface area contributed by atoms with E-state index in [4.69, 9.17) is 9.84 Å². The first-order valence-electron chi connectivity index (χ1n) is 10.9. The summed E-state index contributed by atoms with van der Waals surface area (Å²) in [6, 6.07) is 19.6. The van der Waals surface area contributed by atoms with Gasteiger partial charge in [-0.05, 0) is 46.7 Å². The van der Waals surface area contributed by atoms with E-state index in [0.717, 1.165) is 33.7 Å². The van der Waals surface area contributed by atoms with Gasteiger partial charge >= 0.3 is 6.09 Å². The maximum Gasteiger partial charge on any atom is 0.409 e. The van der Waals surface area contributed by atoms with Gasteiger partial charge in [-0.25, -0.2) is 13.6 Å². The minimum atomic E-state index is -1.15. The molecule has 0 saturated heterocycles. The van der Waals surface area contributed by atoms with Crippen molar-refractivity contribution in [2.75, 3.05) is 12.4 Å². The van der Waals surface area contributed by atoms with Gasteiger partial charge in [0.15, 0.2) is 0 Å². The highest BCUT2D eigenvalue weighted by atomic mass is 32.1. The normalized spacial score (nSPS) is 11.5. The molecule has 0 radical (unpaired) electrons. The number of hydrogen-bond donors (Lipinski definition) is 3. The van der Waals surface area contributed by atoms with Crippen LogP contribution in [0.5, 0.6) is 5.75 Å². The van der Waals surface area contributed by atoms with Crippen molar-refractivity contribution in [1.82, 2.24) is 5.32 Å². The van der Waals surface area contributed by atoms with Crippen molar-refractivity contribution >= 4 is 29.0 Å². The summed E-state index contributed by atoms with van der Waals surface area (Å²) >= 11 is 1.41. The fourth-order valence-corrected chi connectivity index (χ4v) is 4.71. The number of methoxy groups -OCH3 is 1. The minimum Gasteiger partial charge on any atom is -0.497 e. The Balaban J connectivity index is 1.62. The highest BCUT2D eigenvalue weighted by molar-refractivity contribution is 7.10. The lowest BCUT2D eigenvalue weighted by Crippen LogP contribution is -2.31. The van der Waals surface area contributed by atoms with Crippen LogP contribution < -0.4 is 15.4 Å². The molecule has 1 atom stereocenters. The van der Waals surface area contributed by atoms with Gasteiger partial charge in [-0.2, -0.15) is 0 Å². The summed E-state index contributed by atoms with van der Waals surface area (Å²) in [7, 11) is 1.29. The Morgan fingerprint density at radius 2 is 1.64 bits per heavy atom. The number of nitrogens with one attached hydrogen (secondary N) is 2. The van der Waals surface area contributed by atoms with Gasteiger partial charge < -0.3 is 15.2 Å². The summed E-state index contributed by atoms with van der Waals surface area (Å²) in [4.78, 5) is 24.6. The van der Waals surface area contributed by atoms with Crippen LogP contribution >= 0.6 is 11.3 Å². The molecule has 9 heteroatoms. The molecule has 3 aromatic carbocycles. The third-order valence-corrected chi connectivity index (χ3v) is 6.55. The minimum absolute atomic E-state index is 0.0187. The summed E-state index contributed by atoms with van der Waals surface area (Å²) < 4.78 is 34.0. The highest BCUT2D eigenvalue weighted by Crippen LogP contribution is 2.32. The maximum atomic E-state index is 14.5. The van der Waals surface area contributed by atoms with Gasteiger partial charge in [0.25, 0.3) is 5.91 Å². The lowest BCUT2D eigenvalue weighted by Gasteiger charge is -2.18. The van der Waals surface area contributed by atoms with Gasteiger partial charge in [0.05, 0.1) is 13.2 Å². The predicted octanol–water partition coefficient (Wildman–Crippen LogP) is 6.51. The monoisotopic (exact) mass is 508 g/mol. The molecule has 0 aliphatic heterocycles. The van der Waals surface area contributed by atoms with Crippen LogP contribution in [0, 0.1) is 11.6 Å². The summed E-state index contributed by atoms with van der Waals surface area (Å²) in [5, 5.41) is 15.8. The SMILES string of the molecule is COc1cc(F)c(C(=O)NC(Cc2ccccc2)c2cc(-c3ccc(NC(=O)O)cc3)cs2)c(F)c1. The molecular weight excluding hydrogens is 486 g/mol. The second kappa shape index (κ2) is 11.0. The molecule has 4 aromatic rings. The number of carbonyl (C=O) groups is 2. The van der Waals surface area contributed by atoms with Crippen LogP contribution in [0.3, 0.4) is 0 Å². The van der Waals surface area contributed by atoms with E-state index in [0.29, 0.717) is 12.1 Å². The second-order valence-electron chi connectivity index (χ2n) is 7.93. The average molecular weight is 509 g/mol. The molecular formula is C27H22F2N2O4S. The maximum absolute atomic E-state index is 14.5. The first-order chi connectivity index (χ1) is 17.3. The Bertz CT molecular complexity index is 1350. The molecule has 0 bridgehead atoms. The van der Waals surface area contributed by atoms with E-state index in [1.165, 1.54) is 18.4 Å². The zero-order valence-corrected chi connectivity index (χ0v) is 19.9. The Morgan fingerprint density at radius 3 is 2.25 bits per heavy atom. The van der Waals surface area contributed by atoms with E-state index in [1.807, 2.05) is 41.8 Å². The lowest BCUT2D eigenvalue weighted by atomic mass is 10.0. The number of carboxylic acid groups (broad SMARTS) is 1. The van der Waals surface area contributed by atoms with Gasteiger partial charge in [0, 0.05) is 22.7 Å². The third kappa shape index (κ3) is 5.87. The molecule has 3 N–H and O–H groups in total. The predicted molar refractivity (Wildman–Crippen MR) is 135 cm³/mol. The first-order valence-corrected chi connectivity index (χ1v) is 11.8. The molecule has 0 aliphatic carbocycles. The number of anilines is 1. The number of hydrogen-bond acceptors (Lipinski definition) is 4. The van der Waals surface area contributed by atoms with Gasteiger partial charge in [0.1, 0.15) is 22.9 Å². The molecule has 36 heavy (non-hydrogen) atoms. The molecule has 0 fully saturated rings. The number of carbonyl (C=O) groups excluding carboxylic acids is 1. The van der Waals surface area contributed by atoms with Crippen molar-refractivity contribution in [3.05, 3.63) is 106 Å². The van der Waals surface area contributed by atoms with E-state index >= 15 is 0 Å². The van der Waals surface area contributed by atoms with Crippen molar-refractivity contribution in [3.8, 4) is 16.9 Å². The fourth-order valence-electron chi connectivity index (χ4n) is 3.74. The standard InChI is InChI=1S/C27H22F2N2O4S/c1-35-20-13-21(28)25(22(29)14-20)26(32)31-23(11-16-5-3-2-4-6-16)24-12-18(15-36-24)17-7-9-19(10-8-17)30-27(33)34/h2-10,12-15,23,30H,11H2,1H3,(H,31,32)(H,33,34). The van der Waals surface area contributed by atoms with E-state index < -0.39 is 35.2 Å². The Labute approximate surface area is 210 Å². The Kier molecular flexibility index (Phi) is 7.60. The van der Waals surface area contributed by atoms with Crippen molar-refractivity contribution < 1.29 is 28.2 Å². The van der Waals surface area contributed by atoms with Crippen LogP contribution in [0.25, 0.3) is 11.1 Å².